The number of hydrogen-bond donors (Lipinski definition) is 1. The van der Waals surface area contributed by atoms with Crippen molar-refractivity contribution in [3.63, 3.8) is 0 Å². The number of carbonyl (C=O) groups excluding carboxylic acids is 2. The number of carbonyl (C=O) groups is 2. The zero-order chi connectivity index (χ0) is 19.3. The molecule has 0 bridgehead atoms. The number of benzene rings is 2. The van der Waals surface area contributed by atoms with Crippen LogP contribution in [0.3, 0.4) is 0 Å². The van der Waals surface area contributed by atoms with Crippen LogP contribution in [-0.2, 0) is 9.53 Å². The van der Waals surface area contributed by atoms with E-state index >= 15 is 0 Å². The van der Waals surface area contributed by atoms with E-state index in [-0.39, 0.29) is 24.0 Å². The summed E-state index contributed by atoms with van der Waals surface area (Å²) in [6, 6.07) is 18.1. The molecule has 1 unspecified atom stereocenters. The number of nitrogens with zero attached hydrogens (tertiary/aromatic N) is 1. The molecule has 2 fully saturated rings. The summed E-state index contributed by atoms with van der Waals surface area (Å²) in [5, 5.41) is 3.08. The average Bonchev–Trinajstić information content (AvgIpc) is 3.30. The Hall–Kier alpha value is -2.66. The normalized spacial score (nSPS) is 20.1. The SMILES string of the molecule is O=C(NC1CCN(C(=O)c2ccc(-c3ccccc3)cc2)CC1)C1CCCO1. The highest BCUT2D eigenvalue weighted by Gasteiger charge is 2.28. The molecule has 1 atom stereocenters. The quantitative estimate of drug-likeness (QED) is 0.888. The average molecular weight is 378 g/mol. The van der Waals surface area contributed by atoms with Gasteiger partial charge >= 0.3 is 0 Å². The van der Waals surface area contributed by atoms with Gasteiger partial charge in [-0.25, -0.2) is 0 Å². The second-order valence-corrected chi connectivity index (χ2v) is 7.52. The third kappa shape index (κ3) is 4.25. The van der Waals surface area contributed by atoms with E-state index in [0.29, 0.717) is 25.3 Å². The molecule has 2 aromatic carbocycles. The molecular weight excluding hydrogens is 352 g/mol. The first-order valence-electron chi connectivity index (χ1n) is 10.1. The first kappa shape index (κ1) is 18.7. The predicted octanol–water partition coefficient (Wildman–Crippen LogP) is 3.25. The number of nitrogens with one attached hydrogen (secondary N) is 1. The Labute approximate surface area is 165 Å². The zero-order valence-electron chi connectivity index (χ0n) is 16.0. The van der Waals surface area contributed by atoms with Gasteiger partial charge in [0.2, 0.25) is 5.91 Å². The van der Waals surface area contributed by atoms with E-state index in [1.807, 2.05) is 47.4 Å². The Morgan fingerprint density at radius 3 is 2.21 bits per heavy atom. The minimum Gasteiger partial charge on any atom is -0.368 e. The van der Waals surface area contributed by atoms with Crippen LogP contribution in [0.25, 0.3) is 11.1 Å². The number of likely N-dealkylation sites (tertiary alicyclic amines) is 1. The number of hydrogen-bond acceptors (Lipinski definition) is 3. The summed E-state index contributed by atoms with van der Waals surface area (Å²) in [5.41, 5.74) is 2.96. The maximum atomic E-state index is 12.8. The summed E-state index contributed by atoms with van der Waals surface area (Å²) in [4.78, 5) is 26.9. The summed E-state index contributed by atoms with van der Waals surface area (Å²) >= 11 is 0. The molecule has 2 aliphatic rings. The minimum absolute atomic E-state index is 0.00113. The Balaban J connectivity index is 1.30. The molecule has 2 amide bonds. The van der Waals surface area contributed by atoms with Crippen molar-refractivity contribution in [2.75, 3.05) is 19.7 Å². The van der Waals surface area contributed by atoms with Gasteiger partial charge in [-0.05, 0) is 48.9 Å². The van der Waals surface area contributed by atoms with Crippen LogP contribution in [0.2, 0.25) is 0 Å². The van der Waals surface area contributed by atoms with Crippen LogP contribution >= 0.6 is 0 Å². The van der Waals surface area contributed by atoms with Gasteiger partial charge in [0.05, 0.1) is 0 Å². The van der Waals surface area contributed by atoms with Gasteiger partial charge in [-0.3, -0.25) is 9.59 Å². The predicted molar refractivity (Wildman–Crippen MR) is 108 cm³/mol. The van der Waals surface area contributed by atoms with Crippen molar-refractivity contribution in [2.24, 2.45) is 0 Å². The lowest BCUT2D eigenvalue weighted by molar-refractivity contribution is -0.131. The van der Waals surface area contributed by atoms with Crippen molar-refractivity contribution in [3.8, 4) is 11.1 Å². The Bertz CT molecular complexity index is 806. The fourth-order valence-corrected chi connectivity index (χ4v) is 3.92. The number of amides is 2. The van der Waals surface area contributed by atoms with Gasteiger partial charge < -0.3 is 15.0 Å². The maximum Gasteiger partial charge on any atom is 0.253 e. The van der Waals surface area contributed by atoms with Crippen molar-refractivity contribution in [1.29, 1.82) is 0 Å². The molecule has 2 heterocycles. The van der Waals surface area contributed by atoms with E-state index in [1.54, 1.807) is 0 Å². The van der Waals surface area contributed by atoms with E-state index in [1.165, 1.54) is 0 Å². The number of piperidine rings is 1. The molecule has 28 heavy (non-hydrogen) atoms. The van der Waals surface area contributed by atoms with E-state index in [2.05, 4.69) is 17.4 Å². The lowest BCUT2D eigenvalue weighted by atomic mass is 10.0. The molecule has 0 saturated carbocycles. The van der Waals surface area contributed by atoms with Gasteiger partial charge in [0.15, 0.2) is 0 Å². The minimum atomic E-state index is -0.289. The van der Waals surface area contributed by atoms with Crippen molar-refractivity contribution in [2.45, 2.75) is 37.8 Å². The van der Waals surface area contributed by atoms with Crippen molar-refractivity contribution >= 4 is 11.8 Å². The van der Waals surface area contributed by atoms with Crippen LogP contribution < -0.4 is 5.32 Å². The van der Waals surface area contributed by atoms with Crippen molar-refractivity contribution in [3.05, 3.63) is 60.2 Å². The van der Waals surface area contributed by atoms with Crippen molar-refractivity contribution < 1.29 is 14.3 Å². The third-order valence-corrected chi connectivity index (χ3v) is 5.59. The lowest BCUT2D eigenvalue weighted by Gasteiger charge is -2.33. The van der Waals surface area contributed by atoms with Gasteiger partial charge in [0, 0.05) is 31.3 Å². The first-order valence-corrected chi connectivity index (χ1v) is 10.1. The smallest absolute Gasteiger partial charge is 0.253 e. The zero-order valence-corrected chi connectivity index (χ0v) is 16.0. The fourth-order valence-electron chi connectivity index (χ4n) is 3.92. The summed E-state index contributed by atoms with van der Waals surface area (Å²) in [6.45, 7) is 2.00. The van der Waals surface area contributed by atoms with E-state index in [0.717, 1.165) is 36.8 Å². The van der Waals surface area contributed by atoms with Crippen LogP contribution in [-0.4, -0.2) is 48.6 Å². The topological polar surface area (TPSA) is 58.6 Å². The Morgan fingerprint density at radius 2 is 1.57 bits per heavy atom. The first-order chi connectivity index (χ1) is 13.7. The molecule has 5 nitrogen and oxygen atoms in total. The second kappa shape index (κ2) is 8.57. The number of rotatable bonds is 4. The lowest BCUT2D eigenvalue weighted by Crippen LogP contribution is -2.48. The van der Waals surface area contributed by atoms with Gasteiger partial charge in [-0.15, -0.1) is 0 Å². The highest BCUT2D eigenvalue weighted by molar-refractivity contribution is 5.94. The summed E-state index contributed by atoms with van der Waals surface area (Å²) in [6.07, 6.45) is 3.04. The summed E-state index contributed by atoms with van der Waals surface area (Å²) in [5.74, 6) is 0.0577. The molecule has 2 aromatic rings. The van der Waals surface area contributed by atoms with Gasteiger partial charge in [-0.2, -0.15) is 0 Å². The van der Waals surface area contributed by atoms with Gasteiger partial charge in [0.25, 0.3) is 5.91 Å². The maximum absolute atomic E-state index is 12.8. The third-order valence-electron chi connectivity index (χ3n) is 5.59. The van der Waals surface area contributed by atoms with Gasteiger partial charge in [0.1, 0.15) is 6.10 Å². The van der Waals surface area contributed by atoms with Crippen molar-refractivity contribution in [1.82, 2.24) is 10.2 Å². The standard InChI is InChI=1S/C23H26N2O3/c26-22(21-7-4-16-28-21)24-20-12-14-25(15-13-20)23(27)19-10-8-18(9-11-19)17-5-2-1-3-6-17/h1-3,5-6,8-11,20-21H,4,7,12-16H2,(H,24,26). The van der Waals surface area contributed by atoms with Crippen LogP contribution in [0.5, 0.6) is 0 Å². The Kier molecular flexibility index (Phi) is 5.72. The van der Waals surface area contributed by atoms with Crippen LogP contribution in [0, 0.1) is 0 Å². The van der Waals surface area contributed by atoms with Gasteiger partial charge in [-0.1, -0.05) is 42.5 Å². The highest BCUT2D eigenvalue weighted by Crippen LogP contribution is 2.21. The molecule has 146 valence electrons. The Morgan fingerprint density at radius 1 is 0.893 bits per heavy atom. The molecule has 1 N–H and O–H groups in total. The number of ether oxygens (including phenoxy) is 1. The molecule has 2 aliphatic heterocycles. The molecule has 2 saturated heterocycles. The monoisotopic (exact) mass is 378 g/mol. The molecule has 5 heteroatoms. The van der Waals surface area contributed by atoms with E-state index in [4.69, 9.17) is 4.74 Å². The molecular formula is C23H26N2O3. The highest BCUT2D eigenvalue weighted by atomic mass is 16.5. The summed E-state index contributed by atoms with van der Waals surface area (Å²) in [7, 11) is 0. The molecule has 0 spiro atoms. The van der Waals surface area contributed by atoms with E-state index in [9.17, 15) is 9.59 Å². The second-order valence-electron chi connectivity index (χ2n) is 7.52. The molecule has 0 aliphatic carbocycles. The summed E-state index contributed by atoms with van der Waals surface area (Å²) < 4.78 is 5.44. The largest absolute Gasteiger partial charge is 0.368 e. The fraction of sp³-hybridized carbons (Fsp3) is 0.391. The molecule has 0 aromatic heterocycles. The molecule has 4 rings (SSSR count). The molecule has 0 radical (unpaired) electrons. The van der Waals surface area contributed by atoms with Crippen LogP contribution in [0.15, 0.2) is 54.6 Å². The van der Waals surface area contributed by atoms with Crippen LogP contribution in [0.1, 0.15) is 36.0 Å². The van der Waals surface area contributed by atoms with E-state index < -0.39 is 0 Å². The van der Waals surface area contributed by atoms with Crippen LogP contribution in [0.4, 0.5) is 0 Å².